The molecule has 31 heavy (non-hydrogen) atoms. The van der Waals surface area contributed by atoms with Crippen molar-refractivity contribution in [1.82, 2.24) is 10.3 Å². The van der Waals surface area contributed by atoms with Crippen LogP contribution < -0.4 is 15.4 Å². The summed E-state index contributed by atoms with van der Waals surface area (Å²) in [6.45, 7) is 2.42. The number of nitrogens with zero attached hydrogens (tertiary/aromatic N) is 1. The van der Waals surface area contributed by atoms with Crippen molar-refractivity contribution in [2.75, 3.05) is 26.1 Å². The third-order valence-corrected chi connectivity index (χ3v) is 5.19. The number of aromatic nitrogens is 1. The van der Waals surface area contributed by atoms with Crippen LogP contribution >= 0.6 is 0 Å². The second kappa shape index (κ2) is 8.92. The molecule has 6 heteroatoms. The van der Waals surface area contributed by atoms with Gasteiger partial charge in [-0.15, -0.1) is 0 Å². The fourth-order valence-electron chi connectivity index (χ4n) is 3.53. The molecule has 0 spiro atoms. The predicted octanol–water partition coefficient (Wildman–Crippen LogP) is 5.35. The molecule has 158 valence electrons. The van der Waals surface area contributed by atoms with E-state index in [1.165, 1.54) is 5.56 Å². The quantitative estimate of drug-likeness (QED) is 0.416. The lowest BCUT2D eigenvalue weighted by atomic mass is 10.0. The summed E-state index contributed by atoms with van der Waals surface area (Å²) in [7, 11) is 3.21. The summed E-state index contributed by atoms with van der Waals surface area (Å²) in [6.07, 6.45) is 0.245. The molecule has 1 amide bonds. The van der Waals surface area contributed by atoms with E-state index in [4.69, 9.17) is 14.5 Å². The highest BCUT2D eigenvalue weighted by Gasteiger charge is 2.11. The molecule has 0 atom stereocenters. The number of methoxy groups -OCH3 is 1. The van der Waals surface area contributed by atoms with Gasteiger partial charge in [0.05, 0.1) is 30.4 Å². The van der Waals surface area contributed by atoms with Crippen molar-refractivity contribution in [2.45, 2.75) is 13.3 Å². The molecule has 6 nitrogen and oxygen atoms in total. The van der Waals surface area contributed by atoms with E-state index in [2.05, 4.69) is 29.7 Å². The molecular weight excluding hydrogens is 390 g/mol. The molecule has 0 bridgehead atoms. The van der Waals surface area contributed by atoms with Crippen molar-refractivity contribution in [3.05, 3.63) is 71.8 Å². The molecule has 0 aliphatic heterocycles. The van der Waals surface area contributed by atoms with Gasteiger partial charge in [0, 0.05) is 36.0 Å². The summed E-state index contributed by atoms with van der Waals surface area (Å²) >= 11 is 0. The zero-order valence-electron chi connectivity index (χ0n) is 17.9. The van der Waals surface area contributed by atoms with Crippen molar-refractivity contribution in [1.29, 1.82) is 0 Å². The van der Waals surface area contributed by atoms with Crippen molar-refractivity contribution >= 4 is 39.3 Å². The molecule has 2 N–H and O–H groups in total. The van der Waals surface area contributed by atoms with E-state index in [-0.39, 0.29) is 0 Å². The highest BCUT2D eigenvalue weighted by molar-refractivity contribution is 6.09. The largest absolute Gasteiger partial charge is 0.497 e. The van der Waals surface area contributed by atoms with E-state index in [9.17, 15) is 4.79 Å². The van der Waals surface area contributed by atoms with Crippen LogP contribution in [0.5, 0.6) is 5.75 Å². The van der Waals surface area contributed by atoms with Gasteiger partial charge in [0.1, 0.15) is 5.75 Å². The molecule has 4 rings (SSSR count). The molecule has 0 saturated heterocycles. The average Bonchev–Trinajstić information content (AvgIpc) is 2.79. The van der Waals surface area contributed by atoms with Crippen LogP contribution in [0.1, 0.15) is 11.1 Å². The topological polar surface area (TPSA) is 72.5 Å². The number of carbonyl (C=O) groups is 1. The smallest absolute Gasteiger partial charge is 0.406 e. The second-order valence-electron chi connectivity index (χ2n) is 7.35. The number of benzene rings is 3. The minimum absolute atomic E-state index is 0.340. The van der Waals surface area contributed by atoms with E-state index in [0.717, 1.165) is 44.5 Å². The van der Waals surface area contributed by atoms with Gasteiger partial charge in [0.25, 0.3) is 0 Å². The van der Waals surface area contributed by atoms with Gasteiger partial charge in [-0.3, -0.25) is 0 Å². The number of rotatable bonds is 6. The van der Waals surface area contributed by atoms with Gasteiger partial charge >= 0.3 is 6.09 Å². The SMILES string of the molecule is CNC(=O)OCCc1ccc(Nc2c3ccc(OC)cc3nc3ccc(C)cc23)cc1. The first-order valence-corrected chi connectivity index (χ1v) is 10.2. The Hall–Kier alpha value is -3.80. The molecule has 0 saturated carbocycles. The van der Waals surface area contributed by atoms with Crippen LogP contribution in [0, 0.1) is 6.92 Å². The highest BCUT2D eigenvalue weighted by Crippen LogP contribution is 2.35. The number of amides is 1. The minimum Gasteiger partial charge on any atom is -0.497 e. The van der Waals surface area contributed by atoms with Crippen LogP contribution in [0.4, 0.5) is 16.2 Å². The number of alkyl carbamates (subject to hydrolysis) is 1. The molecule has 0 radical (unpaired) electrons. The molecule has 1 aromatic heterocycles. The van der Waals surface area contributed by atoms with Gasteiger partial charge in [0.15, 0.2) is 0 Å². The normalized spacial score (nSPS) is 10.8. The minimum atomic E-state index is -0.415. The molecule has 0 aliphatic rings. The first kappa shape index (κ1) is 20.5. The lowest BCUT2D eigenvalue weighted by Crippen LogP contribution is -2.20. The van der Waals surface area contributed by atoms with Crippen molar-refractivity contribution in [3.8, 4) is 5.75 Å². The van der Waals surface area contributed by atoms with Crippen molar-refractivity contribution in [3.63, 3.8) is 0 Å². The lowest BCUT2D eigenvalue weighted by Gasteiger charge is -2.15. The first-order chi connectivity index (χ1) is 15.1. The fraction of sp³-hybridized carbons (Fsp3) is 0.200. The van der Waals surface area contributed by atoms with E-state index < -0.39 is 6.09 Å². The Bertz CT molecular complexity index is 1240. The maximum Gasteiger partial charge on any atom is 0.406 e. The van der Waals surface area contributed by atoms with Gasteiger partial charge in [-0.05, 0) is 48.9 Å². The number of anilines is 2. The molecule has 1 heterocycles. The van der Waals surface area contributed by atoms with Crippen molar-refractivity contribution in [2.24, 2.45) is 0 Å². The van der Waals surface area contributed by atoms with Gasteiger partial charge in [-0.2, -0.15) is 0 Å². The van der Waals surface area contributed by atoms with E-state index >= 15 is 0 Å². The number of pyridine rings is 1. The number of aryl methyl sites for hydroxylation is 1. The Morgan fingerprint density at radius 2 is 1.77 bits per heavy atom. The zero-order valence-corrected chi connectivity index (χ0v) is 17.9. The number of carbonyl (C=O) groups excluding carboxylic acids is 1. The van der Waals surface area contributed by atoms with Crippen LogP contribution in [0.3, 0.4) is 0 Å². The van der Waals surface area contributed by atoms with Gasteiger partial charge in [-0.25, -0.2) is 9.78 Å². The van der Waals surface area contributed by atoms with E-state index in [1.807, 2.05) is 48.5 Å². The molecule has 0 unspecified atom stereocenters. The van der Waals surface area contributed by atoms with Crippen LogP contribution in [-0.2, 0) is 11.2 Å². The Morgan fingerprint density at radius 1 is 0.968 bits per heavy atom. The number of fused-ring (bicyclic) bond motifs is 2. The molecule has 3 aromatic carbocycles. The Morgan fingerprint density at radius 3 is 2.52 bits per heavy atom. The summed E-state index contributed by atoms with van der Waals surface area (Å²) in [5, 5.41) is 8.13. The fourth-order valence-corrected chi connectivity index (χ4v) is 3.53. The highest BCUT2D eigenvalue weighted by atomic mass is 16.5. The summed E-state index contributed by atoms with van der Waals surface area (Å²) in [5.74, 6) is 0.778. The van der Waals surface area contributed by atoms with Crippen molar-refractivity contribution < 1.29 is 14.3 Å². The molecule has 0 aliphatic carbocycles. The monoisotopic (exact) mass is 415 g/mol. The van der Waals surface area contributed by atoms with Crippen LogP contribution in [-0.4, -0.2) is 31.8 Å². The summed E-state index contributed by atoms with van der Waals surface area (Å²) in [5.41, 5.74) is 6.07. The van der Waals surface area contributed by atoms with Gasteiger partial charge < -0.3 is 20.1 Å². The second-order valence-corrected chi connectivity index (χ2v) is 7.35. The summed E-state index contributed by atoms with van der Waals surface area (Å²) in [6, 6.07) is 20.4. The number of hydrogen-bond acceptors (Lipinski definition) is 5. The standard InChI is InChI=1S/C25H25N3O3/c1-16-4-11-22-21(14-16)24(20-10-9-19(30-3)15-23(20)28-22)27-18-7-5-17(6-8-18)12-13-31-25(29)26-2/h4-11,14-15H,12-13H2,1-3H3,(H,26,29)(H,27,28). The maximum atomic E-state index is 11.2. The third kappa shape index (κ3) is 4.53. The third-order valence-electron chi connectivity index (χ3n) is 5.19. The Labute approximate surface area is 181 Å². The summed E-state index contributed by atoms with van der Waals surface area (Å²) in [4.78, 5) is 16.0. The molecular formula is C25H25N3O3. The van der Waals surface area contributed by atoms with Gasteiger partial charge in [0.2, 0.25) is 0 Å². The first-order valence-electron chi connectivity index (χ1n) is 10.2. The number of hydrogen-bond donors (Lipinski definition) is 2. The Kier molecular flexibility index (Phi) is 5.89. The number of ether oxygens (including phenoxy) is 2. The average molecular weight is 415 g/mol. The van der Waals surface area contributed by atoms with Crippen LogP contribution in [0.15, 0.2) is 60.7 Å². The zero-order chi connectivity index (χ0) is 21.8. The Balaban J connectivity index is 1.66. The van der Waals surface area contributed by atoms with Crippen LogP contribution in [0.2, 0.25) is 0 Å². The predicted molar refractivity (Wildman–Crippen MR) is 124 cm³/mol. The molecule has 4 aromatic rings. The van der Waals surface area contributed by atoms with E-state index in [0.29, 0.717) is 13.0 Å². The summed E-state index contributed by atoms with van der Waals surface area (Å²) < 4.78 is 10.4. The van der Waals surface area contributed by atoms with Crippen LogP contribution in [0.25, 0.3) is 21.8 Å². The molecule has 0 fully saturated rings. The lowest BCUT2D eigenvalue weighted by molar-refractivity contribution is 0.150. The van der Waals surface area contributed by atoms with Gasteiger partial charge in [-0.1, -0.05) is 23.8 Å². The maximum absolute atomic E-state index is 11.2. The van der Waals surface area contributed by atoms with E-state index in [1.54, 1.807) is 14.2 Å². The number of nitrogens with one attached hydrogen (secondary N) is 2.